The Morgan fingerprint density at radius 3 is 2.69 bits per heavy atom. The first-order valence-electron chi connectivity index (χ1n) is 10.9. The van der Waals surface area contributed by atoms with Crippen LogP contribution in [-0.2, 0) is 4.74 Å². The zero-order chi connectivity index (χ0) is 21.9. The van der Waals surface area contributed by atoms with Crippen molar-refractivity contribution in [3.63, 3.8) is 0 Å². The molecular formula is C24H25FN4O2S. The van der Waals surface area contributed by atoms with E-state index in [1.54, 1.807) is 12.1 Å². The van der Waals surface area contributed by atoms with E-state index in [1.165, 1.54) is 23.5 Å². The average Bonchev–Trinajstić information content (AvgIpc) is 3.32. The number of carbonyl (C=O) groups excluding carboxylic acids is 1. The minimum Gasteiger partial charge on any atom is -0.379 e. The number of anilines is 1. The molecule has 0 saturated carbocycles. The van der Waals surface area contributed by atoms with Gasteiger partial charge < -0.3 is 15.0 Å². The number of ether oxygens (including phenoxy) is 1. The second-order valence-electron chi connectivity index (χ2n) is 7.98. The molecule has 1 saturated heterocycles. The molecule has 8 heteroatoms. The largest absolute Gasteiger partial charge is 0.379 e. The molecule has 1 N–H and O–H groups in total. The van der Waals surface area contributed by atoms with Gasteiger partial charge >= 0.3 is 0 Å². The number of nitrogens with zero attached hydrogens (tertiary/aromatic N) is 3. The van der Waals surface area contributed by atoms with E-state index in [2.05, 4.69) is 10.2 Å². The Balaban J connectivity index is 1.38. The number of halogens is 1. The minimum atomic E-state index is -0.340. The van der Waals surface area contributed by atoms with E-state index in [9.17, 15) is 9.18 Å². The van der Waals surface area contributed by atoms with Crippen molar-refractivity contribution in [3.05, 3.63) is 71.0 Å². The standard InChI is InChI=1S/C24H25FN4O2S/c25-18-8-6-17(7-9-18)23-27-21(16-32-23)22-26-20-5-2-1-4-19(20)24(30)29(22)11-3-10-28-12-14-31-15-13-28/h1-2,4-9,16,22,26H,3,10-15H2. The zero-order valence-electron chi connectivity index (χ0n) is 17.7. The van der Waals surface area contributed by atoms with Gasteiger partial charge in [-0.1, -0.05) is 12.1 Å². The third-order valence-electron chi connectivity index (χ3n) is 5.89. The van der Waals surface area contributed by atoms with Crippen LogP contribution < -0.4 is 5.32 Å². The zero-order valence-corrected chi connectivity index (χ0v) is 18.5. The fourth-order valence-electron chi connectivity index (χ4n) is 4.18. The third kappa shape index (κ3) is 4.39. The van der Waals surface area contributed by atoms with Crippen molar-refractivity contribution in [1.29, 1.82) is 0 Å². The van der Waals surface area contributed by atoms with Crippen LogP contribution in [0, 0.1) is 5.82 Å². The summed E-state index contributed by atoms with van der Waals surface area (Å²) in [7, 11) is 0. The van der Waals surface area contributed by atoms with Crippen LogP contribution in [0.5, 0.6) is 0 Å². The van der Waals surface area contributed by atoms with Gasteiger partial charge in [-0.2, -0.15) is 0 Å². The number of amides is 1. The number of thiazole rings is 1. The average molecular weight is 453 g/mol. The molecular weight excluding hydrogens is 427 g/mol. The van der Waals surface area contributed by atoms with E-state index >= 15 is 0 Å². The maximum absolute atomic E-state index is 13.4. The Labute approximate surface area is 190 Å². The summed E-state index contributed by atoms with van der Waals surface area (Å²) in [5.41, 5.74) is 3.17. The normalized spacial score (nSPS) is 19.0. The molecule has 1 atom stereocenters. The van der Waals surface area contributed by atoms with Crippen LogP contribution in [0.1, 0.15) is 28.6 Å². The Morgan fingerprint density at radius 1 is 1.09 bits per heavy atom. The van der Waals surface area contributed by atoms with E-state index in [1.807, 2.05) is 34.5 Å². The van der Waals surface area contributed by atoms with Crippen LogP contribution in [0.2, 0.25) is 0 Å². The van der Waals surface area contributed by atoms with Gasteiger partial charge in [-0.15, -0.1) is 11.3 Å². The van der Waals surface area contributed by atoms with Crippen LogP contribution in [0.15, 0.2) is 53.9 Å². The first kappa shape index (κ1) is 21.1. The second kappa shape index (κ2) is 9.36. The SMILES string of the molecule is O=C1c2ccccc2NC(c2csc(-c3ccc(F)cc3)n2)N1CCCN1CCOCC1. The molecule has 0 aliphatic carbocycles. The lowest BCUT2D eigenvalue weighted by Crippen LogP contribution is -2.45. The van der Waals surface area contributed by atoms with Crippen LogP contribution in [0.3, 0.4) is 0 Å². The van der Waals surface area contributed by atoms with E-state index < -0.39 is 0 Å². The van der Waals surface area contributed by atoms with Gasteiger partial charge in [0.15, 0.2) is 0 Å². The molecule has 0 bridgehead atoms. The Hall–Kier alpha value is -2.81. The van der Waals surface area contributed by atoms with Gasteiger partial charge in [0.1, 0.15) is 17.0 Å². The van der Waals surface area contributed by atoms with Gasteiger partial charge in [-0.25, -0.2) is 9.37 Å². The number of aromatic nitrogens is 1. The molecule has 2 aromatic carbocycles. The van der Waals surface area contributed by atoms with Gasteiger partial charge in [0.25, 0.3) is 5.91 Å². The number of para-hydroxylation sites is 1. The van der Waals surface area contributed by atoms with E-state index in [4.69, 9.17) is 9.72 Å². The highest BCUT2D eigenvalue weighted by atomic mass is 32.1. The topological polar surface area (TPSA) is 57.7 Å². The molecule has 32 heavy (non-hydrogen) atoms. The lowest BCUT2D eigenvalue weighted by Gasteiger charge is -2.37. The van der Waals surface area contributed by atoms with Crippen LogP contribution >= 0.6 is 11.3 Å². The Kier molecular flexibility index (Phi) is 6.16. The predicted molar refractivity (Wildman–Crippen MR) is 123 cm³/mol. The molecule has 1 amide bonds. The van der Waals surface area contributed by atoms with E-state index in [-0.39, 0.29) is 17.9 Å². The molecule has 5 rings (SSSR count). The summed E-state index contributed by atoms with van der Waals surface area (Å²) in [6.45, 7) is 4.97. The summed E-state index contributed by atoms with van der Waals surface area (Å²) >= 11 is 1.50. The number of nitrogens with one attached hydrogen (secondary N) is 1. The molecule has 3 aromatic rings. The molecule has 0 spiro atoms. The van der Waals surface area contributed by atoms with Crippen molar-refractivity contribution in [2.75, 3.05) is 44.7 Å². The van der Waals surface area contributed by atoms with Crippen LogP contribution in [-0.4, -0.2) is 60.1 Å². The van der Waals surface area contributed by atoms with Crippen molar-refractivity contribution < 1.29 is 13.9 Å². The van der Waals surface area contributed by atoms with E-state index in [0.29, 0.717) is 12.1 Å². The Bertz CT molecular complexity index is 1080. The van der Waals surface area contributed by atoms with Gasteiger partial charge in [0, 0.05) is 42.8 Å². The van der Waals surface area contributed by atoms with Crippen molar-refractivity contribution >= 4 is 22.9 Å². The number of fused-ring (bicyclic) bond motifs is 1. The third-order valence-corrected chi connectivity index (χ3v) is 6.80. The molecule has 1 unspecified atom stereocenters. The Morgan fingerprint density at radius 2 is 1.88 bits per heavy atom. The number of hydrogen-bond donors (Lipinski definition) is 1. The fourth-order valence-corrected chi connectivity index (χ4v) is 5.03. The van der Waals surface area contributed by atoms with Gasteiger partial charge in [-0.05, 0) is 42.8 Å². The number of rotatable bonds is 6. The van der Waals surface area contributed by atoms with E-state index in [0.717, 1.165) is 61.2 Å². The number of benzene rings is 2. The van der Waals surface area contributed by atoms with Gasteiger partial charge in [-0.3, -0.25) is 9.69 Å². The number of morpholine rings is 1. The van der Waals surface area contributed by atoms with Crippen LogP contribution in [0.25, 0.3) is 10.6 Å². The van der Waals surface area contributed by atoms with Crippen molar-refractivity contribution in [2.24, 2.45) is 0 Å². The maximum Gasteiger partial charge on any atom is 0.257 e. The minimum absolute atomic E-state index is 0.0164. The lowest BCUT2D eigenvalue weighted by atomic mass is 10.1. The summed E-state index contributed by atoms with van der Waals surface area (Å²) in [6, 6.07) is 13.9. The van der Waals surface area contributed by atoms with Crippen molar-refractivity contribution in [3.8, 4) is 10.6 Å². The second-order valence-corrected chi connectivity index (χ2v) is 8.84. The van der Waals surface area contributed by atoms with Gasteiger partial charge in [0.05, 0.1) is 24.5 Å². The summed E-state index contributed by atoms with van der Waals surface area (Å²) in [5.74, 6) is -0.254. The predicted octanol–water partition coefficient (Wildman–Crippen LogP) is 4.24. The number of hydrogen-bond acceptors (Lipinski definition) is 6. The summed E-state index contributed by atoms with van der Waals surface area (Å²) in [5, 5.41) is 6.30. The maximum atomic E-state index is 13.4. The summed E-state index contributed by atoms with van der Waals surface area (Å²) < 4.78 is 18.7. The molecule has 166 valence electrons. The molecule has 2 aliphatic heterocycles. The molecule has 6 nitrogen and oxygen atoms in total. The quantitative estimate of drug-likeness (QED) is 0.606. The monoisotopic (exact) mass is 452 g/mol. The first-order chi connectivity index (χ1) is 15.7. The summed E-state index contributed by atoms with van der Waals surface area (Å²) in [6.07, 6.45) is 0.536. The molecule has 1 aromatic heterocycles. The summed E-state index contributed by atoms with van der Waals surface area (Å²) in [4.78, 5) is 22.4. The molecule has 1 fully saturated rings. The highest BCUT2D eigenvalue weighted by Gasteiger charge is 2.34. The fraction of sp³-hybridized carbons (Fsp3) is 0.333. The van der Waals surface area contributed by atoms with Crippen molar-refractivity contribution in [1.82, 2.24) is 14.8 Å². The smallest absolute Gasteiger partial charge is 0.257 e. The molecule has 3 heterocycles. The lowest BCUT2D eigenvalue weighted by molar-refractivity contribution is 0.0348. The molecule has 2 aliphatic rings. The van der Waals surface area contributed by atoms with Gasteiger partial charge in [0.2, 0.25) is 0 Å². The number of carbonyl (C=O) groups is 1. The highest BCUT2D eigenvalue weighted by molar-refractivity contribution is 7.13. The van der Waals surface area contributed by atoms with Crippen LogP contribution in [0.4, 0.5) is 10.1 Å². The first-order valence-corrected chi connectivity index (χ1v) is 11.7. The molecule has 0 radical (unpaired) electrons. The van der Waals surface area contributed by atoms with Crippen molar-refractivity contribution in [2.45, 2.75) is 12.6 Å². The highest BCUT2D eigenvalue weighted by Crippen LogP contribution is 2.35.